The summed E-state index contributed by atoms with van der Waals surface area (Å²) < 4.78 is 6.57. The zero-order chi connectivity index (χ0) is 15.5. The molecule has 0 saturated carbocycles. The Bertz CT molecular complexity index is 813. The normalized spacial score (nSPS) is 11.0. The van der Waals surface area contributed by atoms with Crippen LogP contribution in [0.1, 0.15) is 12.7 Å². The Morgan fingerprint density at radius 1 is 1.45 bits per heavy atom. The van der Waals surface area contributed by atoms with E-state index in [-0.39, 0.29) is 11.7 Å². The number of amides is 1. The van der Waals surface area contributed by atoms with Crippen LogP contribution in [0.5, 0.6) is 0 Å². The lowest BCUT2D eigenvalue weighted by Gasteiger charge is -2.01. The van der Waals surface area contributed by atoms with Crippen molar-refractivity contribution in [2.45, 2.75) is 25.4 Å². The van der Waals surface area contributed by atoms with Gasteiger partial charge in [-0.15, -0.1) is 5.10 Å². The lowest BCUT2D eigenvalue weighted by Crippen LogP contribution is -2.14. The van der Waals surface area contributed by atoms with Crippen LogP contribution in [0.3, 0.4) is 0 Å². The van der Waals surface area contributed by atoms with Crippen LogP contribution in [0.15, 0.2) is 21.9 Å². The third kappa shape index (κ3) is 2.91. The van der Waals surface area contributed by atoms with E-state index in [1.165, 1.54) is 18.1 Å². The van der Waals surface area contributed by atoms with E-state index in [1.54, 1.807) is 17.7 Å². The van der Waals surface area contributed by atoms with Crippen LogP contribution in [0.25, 0.3) is 11.2 Å². The molecule has 0 saturated heterocycles. The van der Waals surface area contributed by atoms with Gasteiger partial charge in [-0.3, -0.25) is 4.79 Å². The second kappa shape index (κ2) is 6.10. The second-order valence-corrected chi connectivity index (χ2v) is 5.38. The van der Waals surface area contributed by atoms with Crippen molar-refractivity contribution in [1.82, 2.24) is 30.1 Å². The van der Waals surface area contributed by atoms with Crippen LogP contribution in [-0.2, 0) is 11.3 Å². The zero-order valence-corrected chi connectivity index (χ0v) is 12.8. The van der Waals surface area contributed by atoms with Gasteiger partial charge in [0.2, 0.25) is 5.91 Å². The number of hydrogen-bond acceptors (Lipinski definition) is 8. The predicted octanol–water partition coefficient (Wildman–Crippen LogP) is 1.27. The molecule has 0 radical (unpaired) electrons. The molecule has 3 rings (SSSR count). The van der Waals surface area contributed by atoms with Crippen LogP contribution in [0.4, 0.5) is 5.82 Å². The van der Waals surface area contributed by atoms with Crippen LogP contribution in [0, 0.1) is 6.92 Å². The fourth-order valence-electron chi connectivity index (χ4n) is 1.83. The van der Waals surface area contributed by atoms with Gasteiger partial charge in [0.05, 0.1) is 5.75 Å². The number of nitrogens with one attached hydrogen (secondary N) is 1. The van der Waals surface area contributed by atoms with Crippen molar-refractivity contribution >= 4 is 34.7 Å². The van der Waals surface area contributed by atoms with Gasteiger partial charge in [-0.2, -0.15) is 0 Å². The topological polar surface area (TPSA) is 112 Å². The Labute approximate surface area is 129 Å². The van der Waals surface area contributed by atoms with Crippen molar-refractivity contribution in [3.05, 3.63) is 18.2 Å². The fourth-order valence-corrected chi connectivity index (χ4v) is 2.56. The van der Waals surface area contributed by atoms with E-state index in [0.717, 1.165) is 0 Å². The minimum Gasteiger partial charge on any atom is -0.360 e. The average molecular weight is 319 g/mol. The summed E-state index contributed by atoms with van der Waals surface area (Å²) in [5.41, 5.74) is 1.26. The molecular formula is C12H13N7O2S. The highest BCUT2D eigenvalue weighted by molar-refractivity contribution is 8.00. The van der Waals surface area contributed by atoms with Crippen molar-refractivity contribution in [2.24, 2.45) is 0 Å². The van der Waals surface area contributed by atoms with Gasteiger partial charge in [-0.25, -0.2) is 14.6 Å². The SMILES string of the molecule is CCn1nnc2c(SCC(=O)Nc3cc(C)on3)ncnc21. The first kappa shape index (κ1) is 14.4. The summed E-state index contributed by atoms with van der Waals surface area (Å²) in [7, 11) is 0. The van der Waals surface area contributed by atoms with Crippen molar-refractivity contribution < 1.29 is 9.32 Å². The third-order valence-electron chi connectivity index (χ3n) is 2.80. The Morgan fingerprint density at radius 3 is 3.05 bits per heavy atom. The number of carbonyl (C=O) groups excluding carboxylic acids is 1. The summed E-state index contributed by atoms with van der Waals surface area (Å²) in [6.07, 6.45) is 1.44. The smallest absolute Gasteiger partial charge is 0.236 e. The molecule has 1 amide bonds. The Morgan fingerprint density at radius 2 is 2.32 bits per heavy atom. The van der Waals surface area contributed by atoms with Gasteiger partial charge in [0.25, 0.3) is 0 Å². The van der Waals surface area contributed by atoms with E-state index in [2.05, 4.69) is 30.8 Å². The summed E-state index contributed by atoms with van der Waals surface area (Å²) >= 11 is 1.27. The first-order valence-corrected chi connectivity index (χ1v) is 7.56. The van der Waals surface area contributed by atoms with Crippen molar-refractivity contribution in [3.63, 3.8) is 0 Å². The highest BCUT2D eigenvalue weighted by atomic mass is 32.2. The molecular weight excluding hydrogens is 306 g/mol. The first-order valence-electron chi connectivity index (χ1n) is 6.57. The minimum atomic E-state index is -0.201. The summed E-state index contributed by atoms with van der Waals surface area (Å²) in [6.45, 7) is 4.38. The molecule has 0 aliphatic carbocycles. The minimum absolute atomic E-state index is 0.178. The number of fused-ring (bicyclic) bond motifs is 1. The van der Waals surface area contributed by atoms with E-state index < -0.39 is 0 Å². The van der Waals surface area contributed by atoms with E-state index in [1.807, 2.05) is 6.92 Å². The number of hydrogen-bond donors (Lipinski definition) is 1. The molecule has 3 aromatic rings. The maximum absolute atomic E-state index is 11.9. The summed E-state index contributed by atoms with van der Waals surface area (Å²) in [5, 5.41) is 15.0. The summed E-state index contributed by atoms with van der Waals surface area (Å²) in [5.74, 6) is 1.01. The predicted molar refractivity (Wildman–Crippen MR) is 79.4 cm³/mol. The van der Waals surface area contributed by atoms with Crippen LogP contribution in [0.2, 0.25) is 0 Å². The monoisotopic (exact) mass is 319 g/mol. The molecule has 22 heavy (non-hydrogen) atoms. The molecule has 0 aromatic carbocycles. The molecule has 0 aliphatic rings. The standard InChI is InChI=1S/C12H13N7O2S/c1-3-19-11-10(16-18-19)12(14-6-13-11)22-5-9(20)15-8-4-7(2)21-17-8/h4,6H,3,5H2,1-2H3,(H,15,17,20). The van der Waals surface area contributed by atoms with Gasteiger partial charge in [-0.1, -0.05) is 22.1 Å². The first-order chi connectivity index (χ1) is 10.7. The second-order valence-electron chi connectivity index (χ2n) is 4.42. The lowest BCUT2D eigenvalue weighted by molar-refractivity contribution is -0.113. The van der Waals surface area contributed by atoms with E-state index in [9.17, 15) is 4.79 Å². The van der Waals surface area contributed by atoms with Crippen LogP contribution >= 0.6 is 11.8 Å². The molecule has 114 valence electrons. The lowest BCUT2D eigenvalue weighted by atomic mass is 10.5. The Balaban J connectivity index is 1.68. The molecule has 0 aliphatic heterocycles. The number of anilines is 1. The van der Waals surface area contributed by atoms with Gasteiger partial charge in [0.1, 0.15) is 17.1 Å². The van der Waals surface area contributed by atoms with Gasteiger partial charge in [0.15, 0.2) is 17.0 Å². The van der Waals surface area contributed by atoms with Crippen LogP contribution in [-0.4, -0.2) is 41.8 Å². The maximum Gasteiger partial charge on any atom is 0.236 e. The molecule has 9 nitrogen and oxygen atoms in total. The molecule has 10 heteroatoms. The number of aromatic nitrogens is 6. The molecule has 0 bridgehead atoms. The molecule has 0 unspecified atom stereocenters. The molecule has 1 N–H and O–H groups in total. The number of nitrogens with zero attached hydrogens (tertiary/aromatic N) is 6. The summed E-state index contributed by atoms with van der Waals surface area (Å²) in [4.78, 5) is 20.2. The fraction of sp³-hybridized carbons (Fsp3) is 0.333. The van der Waals surface area contributed by atoms with Gasteiger partial charge >= 0.3 is 0 Å². The molecule has 3 heterocycles. The molecule has 3 aromatic heterocycles. The van der Waals surface area contributed by atoms with Crippen molar-refractivity contribution in [2.75, 3.05) is 11.1 Å². The highest BCUT2D eigenvalue weighted by Gasteiger charge is 2.13. The van der Waals surface area contributed by atoms with Gasteiger partial charge in [-0.05, 0) is 13.8 Å². The van der Waals surface area contributed by atoms with Crippen LogP contribution < -0.4 is 5.32 Å². The van der Waals surface area contributed by atoms with E-state index >= 15 is 0 Å². The Kier molecular flexibility index (Phi) is 4.00. The zero-order valence-electron chi connectivity index (χ0n) is 12.0. The van der Waals surface area contributed by atoms with Crippen molar-refractivity contribution in [3.8, 4) is 0 Å². The maximum atomic E-state index is 11.9. The van der Waals surface area contributed by atoms with Gasteiger partial charge < -0.3 is 9.84 Å². The molecule has 0 atom stereocenters. The quantitative estimate of drug-likeness (QED) is 0.552. The molecule has 0 fully saturated rings. The number of thioether (sulfide) groups is 1. The molecule has 0 spiro atoms. The largest absolute Gasteiger partial charge is 0.360 e. The number of rotatable bonds is 5. The number of carbonyl (C=O) groups is 1. The highest BCUT2D eigenvalue weighted by Crippen LogP contribution is 2.22. The van der Waals surface area contributed by atoms with E-state index in [4.69, 9.17) is 4.52 Å². The van der Waals surface area contributed by atoms with Crippen molar-refractivity contribution in [1.29, 1.82) is 0 Å². The van der Waals surface area contributed by atoms with Gasteiger partial charge in [0, 0.05) is 12.6 Å². The van der Waals surface area contributed by atoms with E-state index in [0.29, 0.717) is 34.3 Å². The average Bonchev–Trinajstić information content (AvgIpc) is 3.11. The third-order valence-corrected chi connectivity index (χ3v) is 3.78. The Hall–Kier alpha value is -2.49. The number of aryl methyl sites for hydroxylation is 2. The summed E-state index contributed by atoms with van der Waals surface area (Å²) in [6, 6.07) is 1.65.